The van der Waals surface area contributed by atoms with Crippen LogP contribution in [0.3, 0.4) is 0 Å². The second kappa shape index (κ2) is 6.56. The molecule has 0 bridgehead atoms. The first kappa shape index (κ1) is 16.9. The van der Waals surface area contributed by atoms with Gasteiger partial charge in [-0.05, 0) is 43.0 Å². The highest BCUT2D eigenvalue weighted by atomic mass is 35.5. The van der Waals surface area contributed by atoms with Crippen LogP contribution in [-0.4, -0.2) is 25.5 Å². The van der Waals surface area contributed by atoms with E-state index in [1.165, 1.54) is 18.2 Å². The summed E-state index contributed by atoms with van der Waals surface area (Å²) in [5.41, 5.74) is 0.471. The van der Waals surface area contributed by atoms with Crippen molar-refractivity contribution in [1.29, 1.82) is 0 Å². The van der Waals surface area contributed by atoms with E-state index in [0.717, 1.165) is 0 Å². The summed E-state index contributed by atoms with van der Waals surface area (Å²) in [6.07, 6.45) is 0.223. The van der Waals surface area contributed by atoms with Gasteiger partial charge in [0.2, 0.25) is 10.0 Å². The normalized spacial score (nSPS) is 13.4. The predicted octanol–water partition coefficient (Wildman–Crippen LogP) is 2.43. The SMILES string of the molecule is Cc1cc(Cl)ccc1S(=O)(=O)NC(CC(C)C)C(=O)O. The van der Waals surface area contributed by atoms with Crippen LogP contribution < -0.4 is 4.72 Å². The van der Waals surface area contributed by atoms with E-state index in [1.807, 2.05) is 13.8 Å². The molecule has 1 unspecified atom stereocenters. The molecule has 1 aromatic rings. The number of halogens is 1. The molecule has 1 atom stereocenters. The molecule has 0 aromatic heterocycles. The van der Waals surface area contributed by atoms with Gasteiger partial charge in [-0.2, -0.15) is 4.72 Å². The fraction of sp³-hybridized carbons (Fsp3) is 0.462. The average molecular weight is 320 g/mol. The van der Waals surface area contributed by atoms with Crippen LogP contribution in [0.15, 0.2) is 23.1 Å². The second-order valence-electron chi connectivity index (χ2n) is 5.05. The minimum Gasteiger partial charge on any atom is -0.480 e. The van der Waals surface area contributed by atoms with E-state index < -0.39 is 22.0 Å². The van der Waals surface area contributed by atoms with Gasteiger partial charge in [-0.3, -0.25) is 4.79 Å². The van der Waals surface area contributed by atoms with Crippen LogP contribution >= 0.6 is 11.6 Å². The number of carbonyl (C=O) groups is 1. The molecule has 0 aliphatic carbocycles. The van der Waals surface area contributed by atoms with Crippen LogP contribution in [-0.2, 0) is 14.8 Å². The van der Waals surface area contributed by atoms with E-state index in [1.54, 1.807) is 6.92 Å². The molecule has 20 heavy (non-hydrogen) atoms. The standard InChI is InChI=1S/C13H18ClNO4S/c1-8(2)6-11(13(16)17)15-20(18,19)12-5-4-10(14)7-9(12)3/h4-5,7-8,11,15H,6H2,1-3H3,(H,16,17). The van der Waals surface area contributed by atoms with Crippen molar-refractivity contribution in [3.8, 4) is 0 Å². The number of aliphatic carboxylic acids is 1. The topological polar surface area (TPSA) is 83.5 Å². The monoisotopic (exact) mass is 319 g/mol. The lowest BCUT2D eigenvalue weighted by Crippen LogP contribution is -2.41. The van der Waals surface area contributed by atoms with Crippen molar-refractivity contribution < 1.29 is 18.3 Å². The van der Waals surface area contributed by atoms with Crippen LogP contribution in [0, 0.1) is 12.8 Å². The summed E-state index contributed by atoms with van der Waals surface area (Å²) in [5, 5.41) is 9.53. The van der Waals surface area contributed by atoms with Crippen molar-refractivity contribution in [3.63, 3.8) is 0 Å². The molecule has 0 spiro atoms. The summed E-state index contributed by atoms with van der Waals surface area (Å²) in [5.74, 6) is -1.13. The Hall–Kier alpha value is -1.11. The largest absolute Gasteiger partial charge is 0.480 e. The number of hydrogen-bond acceptors (Lipinski definition) is 3. The average Bonchev–Trinajstić information content (AvgIpc) is 2.26. The zero-order valence-corrected chi connectivity index (χ0v) is 13.1. The zero-order valence-electron chi connectivity index (χ0n) is 11.6. The fourth-order valence-corrected chi connectivity index (χ4v) is 3.49. The molecule has 0 fully saturated rings. The Labute approximate surface area is 124 Å². The van der Waals surface area contributed by atoms with Crippen molar-refractivity contribution in [2.45, 2.75) is 38.1 Å². The molecular weight excluding hydrogens is 302 g/mol. The number of nitrogens with one attached hydrogen (secondary N) is 1. The minimum atomic E-state index is -3.89. The number of carboxylic acid groups (broad SMARTS) is 1. The molecule has 0 radical (unpaired) electrons. The Bertz CT molecular complexity index is 598. The summed E-state index contributed by atoms with van der Waals surface area (Å²) in [6, 6.07) is 3.21. The van der Waals surface area contributed by atoms with E-state index in [9.17, 15) is 13.2 Å². The Kier molecular flexibility index (Phi) is 5.56. The molecule has 2 N–H and O–H groups in total. The maximum absolute atomic E-state index is 12.2. The van der Waals surface area contributed by atoms with Gasteiger partial charge in [0.05, 0.1) is 4.90 Å². The lowest BCUT2D eigenvalue weighted by Gasteiger charge is -2.17. The number of carboxylic acids is 1. The van der Waals surface area contributed by atoms with E-state index in [4.69, 9.17) is 16.7 Å². The van der Waals surface area contributed by atoms with Gasteiger partial charge in [0, 0.05) is 5.02 Å². The Morgan fingerprint density at radius 2 is 2.00 bits per heavy atom. The molecule has 5 nitrogen and oxygen atoms in total. The summed E-state index contributed by atoms with van der Waals surface area (Å²) < 4.78 is 26.7. The molecule has 0 saturated carbocycles. The molecule has 0 amide bonds. The van der Waals surface area contributed by atoms with Gasteiger partial charge in [-0.25, -0.2) is 8.42 Å². The number of rotatable bonds is 6. The lowest BCUT2D eigenvalue weighted by atomic mass is 10.1. The Morgan fingerprint density at radius 3 is 2.45 bits per heavy atom. The zero-order chi connectivity index (χ0) is 15.5. The van der Waals surface area contributed by atoms with Crippen LogP contribution in [0.5, 0.6) is 0 Å². The first-order valence-electron chi connectivity index (χ1n) is 6.14. The summed E-state index contributed by atoms with van der Waals surface area (Å²) in [7, 11) is -3.89. The van der Waals surface area contributed by atoms with Crippen molar-refractivity contribution >= 4 is 27.6 Å². The third kappa shape index (κ3) is 4.47. The van der Waals surface area contributed by atoms with Gasteiger partial charge in [-0.1, -0.05) is 25.4 Å². The number of hydrogen-bond donors (Lipinski definition) is 2. The minimum absolute atomic E-state index is 0.0388. The van der Waals surface area contributed by atoms with E-state index in [-0.39, 0.29) is 17.2 Å². The van der Waals surface area contributed by atoms with Gasteiger partial charge >= 0.3 is 5.97 Å². The molecule has 0 heterocycles. The van der Waals surface area contributed by atoms with Gasteiger partial charge in [0.1, 0.15) is 6.04 Å². The molecule has 1 aromatic carbocycles. The first-order chi connectivity index (χ1) is 9.13. The summed E-state index contributed by atoms with van der Waals surface area (Å²) in [6.45, 7) is 5.27. The molecule has 1 rings (SSSR count). The van der Waals surface area contributed by atoms with Crippen LogP contribution in [0.2, 0.25) is 5.02 Å². The molecular formula is C13H18ClNO4S. The first-order valence-corrected chi connectivity index (χ1v) is 8.01. The van der Waals surface area contributed by atoms with Gasteiger partial charge in [0.15, 0.2) is 0 Å². The summed E-state index contributed by atoms with van der Waals surface area (Å²) >= 11 is 5.78. The van der Waals surface area contributed by atoms with Crippen molar-refractivity contribution in [3.05, 3.63) is 28.8 Å². The molecule has 7 heteroatoms. The van der Waals surface area contributed by atoms with E-state index >= 15 is 0 Å². The fourth-order valence-electron chi connectivity index (χ4n) is 1.84. The molecule has 0 aliphatic rings. The van der Waals surface area contributed by atoms with Gasteiger partial charge < -0.3 is 5.11 Å². The second-order valence-corrected chi connectivity index (χ2v) is 7.17. The Morgan fingerprint density at radius 1 is 1.40 bits per heavy atom. The van der Waals surface area contributed by atoms with Crippen LogP contribution in [0.4, 0.5) is 0 Å². The van der Waals surface area contributed by atoms with E-state index in [0.29, 0.717) is 10.6 Å². The van der Waals surface area contributed by atoms with Crippen LogP contribution in [0.1, 0.15) is 25.8 Å². The third-order valence-electron chi connectivity index (χ3n) is 2.73. The quantitative estimate of drug-likeness (QED) is 0.843. The lowest BCUT2D eigenvalue weighted by molar-refractivity contribution is -0.139. The van der Waals surface area contributed by atoms with Gasteiger partial charge in [0.25, 0.3) is 0 Å². The highest BCUT2D eigenvalue weighted by Gasteiger charge is 2.27. The summed E-state index contributed by atoms with van der Waals surface area (Å²) in [4.78, 5) is 11.2. The number of aryl methyl sites for hydroxylation is 1. The molecule has 0 saturated heterocycles. The molecule has 0 aliphatic heterocycles. The molecule has 112 valence electrons. The number of sulfonamides is 1. The smallest absolute Gasteiger partial charge is 0.321 e. The maximum Gasteiger partial charge on any atom is 0.321 e. The Balaban J connectivity index is 3.06. The van der Waals surface area contributed by atoms with Crippen molar-refractivity contribution in [2.24, 2.45) is 5.92 Å². The van der Waals surface area contributed by atoms with E-state index in [2.05, 4.69) is 4.72 Å². The third-order valence-corrected chi connectivity index (χ3v) is 4.60. The highest BCUT2D eigenvalue weighted by Crippen LogP contribution is 2.20. The maximum atomic E-state index is 12.2. The van der Waals surface area contributed by atoms with Crippen molar-refractivity contribution in [2.75, 3.05) is 0 Å². The highest BCUT2D eigenvalue weighted by molar-refractivity contribution is 7.89. The number of benzene rings is 1. The van der Waals surface area contributed by atoms with Crippen LogP contribution in [0.25, 0.3) is 0 Å². The van der Waals surface area contributed by atoms with Gasteiger partial charge in [-0.15, -0.1) is 0 Å². The van der Waals surface area contributed by atoms with Crippen molar-refractivity contribution in [1.82, 2.24) is 4.72 Å². The predicted molar refractivity (Wildman–Crippen MR) is 77.4 cm³/mol.